The van der Waals surface area contributed by atoms with Crippen molar-refractivity contribution >= 4 is 11.6 Å². The van der Waals surface area contributed by atoms with Crippen LogP contribution in [0, 0.1) is 6.92 Å². The van der Waals surface area contributed by atoms with Crippen molar-refractivity contribution in [2.24, 2.45) is 0 Å². The Morgan fingerprint density at radius 2 is 2.00 bits per heavy atom. The largest absolute Gasteiger partial charge is 0.492 e. The number of carbonyl (C=O) groups excluding carboxylic acids is 1. The number of piperazine rings is 1. The fraction of sp³-hybridized carbons (Fsp3) is 0.412. The maximum absolute atomic E-state index is 12.5. The third-order valence-electron chi connectivity index (χ3n) is 4.02. The average molecular weight is 315 g/mol. The Labute approximate surface area is 135 Å². The van der Waals surface area contributed by atoms with Crippen LogP contribution in [-0.2, 0) is 0 Å². The van der Waals surface area contributed by atoms with Crippen molar-refractivity contribution < 1.29 is 13.9 Å². The number of aryl methyl sites for hydroxylation is 1. The number of ether oxygens (including phenoxy) is 1. The molecule has 6 nitrogen and oxygen atoms in total. The third kappa shape index (κ3) is 3.16. The zero-order valence-electron chi connectivity index (χ0n) is 13.5. The van der Waals surface area contributed by atoms with E-state index < -0.39 is 0 Å². The van der Waals surface area contributed by atoms with Gasteiger partial charge in [0.25, 0.3) is 5.91 Å². The normalized spacial score (nSPS) is 14.9. The second-order valence-corrected chi connectivity index (χ2v) is 5.44. The van der Waals surface area contributed by atoms with Gasteiger partial charge in [0.15, 0.2) is 12.1 Å². The Balaban J connectivity index is 1.67. The minimum absolute atomic E-state index is 0.0611. The molecule has 0 radical (unpaired) electrons. The fourth-order valence-electron chi connectivity index (χ4n) is 2.81. The Hall–Kier alpha value is -2.50. The van der Waals surface area contributed by atoms with Crippen LogP contribution < -0.4 is 9.64 Å². The highest BCUT2D eigenvalue weighted by molar-refractivity contribution is 5.93. The molecule has 1 aliphatic rings. The summed E-state index contributed by atoms with van der Waals surface area (Å²) in [5, 5.41) is 0. The molecule has 0 N–H and O–H groups in total. The highest BCUT2D eigenvalue weighted by atomic mass is 16.5. The van der Waals surface area contributed by atoms with Gasteiger partial charge in [-0.2, -0.15) is 0 Å². The second-order valence-electron chi connectivity index (χ2n) is 5.44. The zero-order valence-corrected chi connectivity index (χ0v) is 13.5. The topological polar surface area (TPSA) is 58.8 Å². The van der Waals surface area contributed by atoms with Crippen LogP contribution in [0.15, 0.2) is 35.1 Å². The molecule has 2 heterocycles. The molecule has 122 valence electrons. The summed E-state index contributed by atoms with van der Waals surface area (Å²) < 4.78 is 10.8. The van der Waals surface area contributed by atoms with Crippen LogP contribution in [0.5, 0.6) is 5.75 Å². The molecule has 1 aromatic heterocycles. The molecule has 1 fully saturated rings. The van der Waals surface area contributed by atoms with Crippen LogP contribution >= 0.6 is 0 Å². The van der Waals surface area contributed by atoms with Crippen LogP contribution in [0.4, 0.5) is 5.69 Å². The highest BCUT2D eigenvalue weighted by Gasteiger charge is 2.26. The summed E-state index contributed by atoms with van der Waals surface area (Å²) in [6, 6.07) is 8.02. The minimum atomic E-state index is -0.0611. The standard InChI is InChI=1S/C17H21N3O3/c1-3-22-15-7-5-4-6-14(15)19-8-10-20(11-9-19)17(21)16-13(2)23-12-18-16/h4-7,12H,3,8-11H2,1-2H3. The monoisotopic (exact) mass is 315 g/mol. The molecule has 1 amide bonds. The van der Waals surface area contributed by atoms with Gasteiger partial charge in [0.05, 0.1) is 12.3 Å². The van der Waals surface area contributed by atoms with Crippen molar-refractivity contribution in [3.05, 3.63) is 42.1 Å². The number of rotatable bonds is 4. The predicted octanol–water partition coefficient (Wildman–Crippen LogP) is 2.34. The molecule has 0 spiro atoms. The number of carbonyl (C=O) groups is 1. The quantitative estimate of drug-likeness (QED) is 0.867. The Morgan fingerprint density at radius 3 is 2.65 bits per heavy atom. The van der Waals surface area contributed by atoms with Gasteiger partial charge in [-0.05, 0) is 26.0 Å². The van der Waals surface area contributed by atoms with Crippen molar-refractivity contribution in [3.63, 3.8) is 0 Å². The van der Waals surface area contributed by atoms with Gasteiger partial charge < -0.3 is 19.0 Å². The van der Waals surface area contributed by atoms with E-state index in [1.54, 1.807) is 6.92 Å². The molecule has 3 rings (SSSR count). The first-order valence-electron chi connectivity index (χ1n) is 7.87. The third-order valence-corrected chi connectivity index (χ3v) is 4.02. The lowest BCUT2D eigenvalue weighted by molar-refractivity contribution is 0.0739. The first-order valence-corrected chi connectivity index (χ1v) is 7.87. The van der Waals surface area contributed by atoms with Crippen molar-refractivity contribution in [3.8, 4) is 5.75 Å². The number of benzene rings is 1. The van der Waals surface area contributed by atoms with Gasteiger partial charge in [-0.1, -0.05) is 12.1 Å². The average Bonchev–Trinajstić information content (AvgIpc) is 3.01. The summed E-state index contributed by atoms with van der Waals surface area (Å²) in [5.41, 5.74) is 1.49. The molecular weight excluding hydrogens is 294 g/mol. The highest BCUT2D eigenvalue weighted by Crippen LogP contribution is 2.29. The maximum Gasteiger partial charge on any atom is 0.276 e. The summed E-state index contributed by atoms with van der Waals surface area (Å²) in [7, 11) is 0. The number of oxazole rings is 1. The van der Waals surface area contributed by atoms with Crippen molar-refractivity contribution in [2.45, 2.75) is 13.8 Å². The van der Waals surface area contributed by atoms with Crippen molar-refractivity contribution in [1.82, 2.24) is 9.88 Å². The van der Waals surface area contributed by atoms with Crippen molar-refractivity contribution in [2.75, 3.05) is 37.7 Å². The maximum atomic E-state index is 12.5. The fourth-order valence-corrected chi connectivity index (χ4v) is 2.81. The molecule has 0 unspecified atom stereocenters. The van der Waals surface area contributed by atoms with Crippen molar-refractivity contribution in [1.29, 1.82) is 0 Å². The van der Waals surface area contributed by atoms with E-state index in [9.17, 15) is 4.79 Å². The van der Waals surface area contributed by atoms with Gasteiger partial charge in [0.2, 0.25) is 0 Å². The molecule has 0 saturated carbocycles. The number of hydrogen-bond acceptors (Lipinski definition) is 5. The van der Waals surface area contributed by atoms with Gasteiger partial charge in [-0.25, -0.2) is 4.98 Å². The summed E-state index contributed by atoms with van der Waals surface area (Å²) >= 11 is 0. The second kappa shape index (κ2) is 6.73. The number of aromatic nitrogens is 1. The summed E-state index contributed by atoms with van der Waals surface area (Å²) in [6.07, 6.45) is 1.32. The lowest BCUT2D eigenvalue weighted by atomic mass is 10.2. The molecule has 1 aromatic carbocycles. The molecule has 0 bridgehead atoms. The van der Waals surface area contributed by atoms with Gasteiger partial charge >= 0.3 is 0 Å². The lowest BCUT2D eigenvalue weighted by Crippen LogP contribution is -2.49. The number of nitrogens with zero attached hydrogens (tertiary/aromatic N) is 3. The lowest BCUT2D eigenvalue weighted by Gasteiger charge is -2.36. The molecule has 1 aliphatic heterocycles. The van der Waals surface area contributed by atoms with Gasteiger partial charge in [-0.3, -0.25) is 4.79 Å². The predicted molar refractivity (Wildman–Crippen MR) is 87.0 cm³/mol. The molecule has 1 saturated heterocycles. The van der Waals surface area contributed by atoms with Gasteiger partial charge in [-0.15, -0.1) is 0 Å². The summed E-state index contributed by atoms with van der Waals surface area (Å²) in [6.45, 7) is 7.24. The van der Waals surface area contributed by atoms with Gasteiger partial charge in [0.1, 0.15) is 11.5 Å². The first kappa shape index (κ1) is 15.4. The first-order chi connectivity index (χ1) is 11.2. The van der Waals surface area contributed by atoms with Crippen LogP contribution in [0.25, 0.3) is 0 Å². The van der Waals surface area contributed by atoms with E-state index in [4.69, 9.17) is 9.15 Å². The minimum Gasteiger partial charge on any atom is -0.492 e. The van der Waals surface area contributed by atoms with E-state index in [0.29, 0.717) is 31.2 Å². The van der Waals surface area contributed by atoms with E-state index in [1.807, 2.05) is 30.0 Å². The smallest absolute Gasteiger partial charge is 0.276 e. The van der Waals surface area contributed by atoms with Crippen LogP contribution in [0.1, 0.15) is 23.2 Å². The van der Waals surface area contributed by atoms with Crippen LogP contribution in [0.2, 0.25) is 0 Å². The molecule has 23 heavy (non-hydrogen) atoms. The van der Waals surface area contributed by atoms with Crippen LogP contribution in [0.3, 0.4) is 0 Å². The Bertz CT molecular complexity index is 675. The van der Waals surface area contributed by atoms with E-state index in [2.05, 4.69) is 16.0 Å². The number of hydrogen-bond donors (Lipinski definition) is 0. The number of para-hydroxylation sites is 2. The Kier molecular flexibility index (Phi) is 4.50. The van der Waals surface area contributed by atoms with Gasteiger partial charge in [0, 0.05) is 26.2 Å². The molecular formula is C17H21N3O3. The van der Waals surface area contributed by atoms with E-state index in [1.165, 1.54) is 6.39 Å². The zero-order chi connectivity index (χ0) is 16.2. The number of amides is 1. The van der Waals surface area contributed by atoms with E-state index in [-0.39, 0.29) is 5.91 Å². The van der Waals surface area contributed by atoms with E-state index in [0.717, 1.165) is 24.5 Å². The number of anilines is 1. The summed E-state index contributed by atoms with van der Waals surface area (Å²) in [4.78, 5) is 20.5. The molecule has 0 atom stereocenters. The van der Waals surface area contributed by atoms with Crippen LogP contribution in [-0.4, -0.2) is 48.6 Å². The molecule has 2 aromatic rings. The summed E-state index contributed by atoms with van der Waals surface area (Å²) in [5.74, 6) is 1.40. The molecule has 6 heteroatoms. The SMILES string of the molecule is CCOc1ccccc1N1CCN(C(=O)c2ncoc2C)CC1. The molecule has 0 aliphatic carbocycles. The Morgan fingerprint density at radius 1 is 1.26 bits per heavy atom. The van der Waals surface area contributed by atoms with E-state index >= 15 is 0 Å².